The molecule has 6 nitrogen and oxygen atoms in total. The summed E-state index contributed by atoms with van der Waals surface area (Å²) in [6, 6.07) is 16.0. The van der Waals surface area contributed by atoms with Crippen LogP contribution in [0, 0.1) is 11.3 Å². The third-order valence-electron chi connectivity index (χ3n) is 4.65. The lowest BCUT2D eigenvalue weighted by Gasteiger charge is -2.20. The molecule has 0 unspecified atom stereocenters. The summed E-state index contributed by atoms with van der Waals surface area (Å²) in [5, 5.41) is 11.7. The van der Waals surface area contributed by atoms with Gasteiger partial charge in [-0.1, -0.05) is 32.0 Å². The highest BCUT2D eigenvalue weighted by atomic mass is 16.6. The third kappa shape index (κ3) is 6.08. The lowest BCUT2D eigenvalue weighted by molar-refractivity contribution is -0.159. The van der Waals surface area contributed by atoms with E-state index in [-0.39, 0.29) is 0 Å². The van der Waals surface area contributed by atoms with E-state index in [0.717, 1.165) is 17.7 Å². The van der Waals surface area contributed by atoms with Crippen molar-refractivity contribution in [2.45, 2.75) is 52.2 Å². The minimum absolute atomic E-state index is 0.296. The molecule has 0 fully saturated rings. The number of para-hydroxylation sites is 1. The highest BCUT2D eigenvalue weighted by Gasteiger charge is 2.24. The van der Waals surface area contributed by atoms with Crippen molar-refractivity contribution in [3.63, 3.8) is 0 Å². The second-order valence-electron chi connectivity index (χ2n) is 6.86. The van der Waals surface area contributed by atoms with Crippen molar-refractivity contribution in [3.05, 3.63) is 59.7 Å². The van der Waals surface area contributed by atoms with E-state index in [0.29, 0.717) is 17.2 Å². The number of amides is 1. The third-order valence-corrected chi connectivity index (χ3v) is 4.65. The second-order valence-corrected chi connectivity index (χ2v) is 6.86. The second kappa shape index (κ2) is 10.3. The highest BCUT2D eigenvalue weighted by Crippen LogP contribution is 2.26. The van der Waals surface area contributed by atoms with Gasteiger partial charge in [-0.05, 0) is 62.1 Å². The van der Waals surface area contributed by atoms with Crippen molar-refractivity contribution in [2.75, 3.05) is 5.32 Å². The van der Waals surface area contributed by atoms with Crippen LogP contribution >= 0.6 is 0 Å². The van der Waals surface area contributed by atoms with Gasteiger partial charge in [-0.15, -0.1) is 0 Å². The van der Waals surface area contributed by atoms with Gasteiger partial charge in [-0.2, -0.15) is 5.26 Å². The average Bonchev–Trinajstić information content (AvgIpc) is 2.73. The first-order valence-corrected chi connectivity index (χ1v) is 9.62. The van der Waals surface area contributed by atoms with Gasteiger partial charge in [0, 0.05) is 5.69 Å². The molecule has 0 aliphatic heterocycles. The van der Waals surface area contributed by atoms with Gasteiger partial charge in [0.1, 0.15) is 5.75 Å². The molecule has 0 bridgehead atoms. The molecule has 0 aromatic heterocycles. The van der Waals surface area contributed by atoms with Gasteiger partial charge in [0.15, 0.2) is 12.2 Å². The Morgan fingerprint density at radius 3 is 2.31 bits per heavy atom. The summed E-state index contributed by atoms with van der Waals surface area (Å²) in [5.74, 6) is -0.315. The zero-order valence-electron chi connectivity index (χ0n) is 17.1. The Morgan fingerprint density at radius 1 is 1.03 bits per heavy atom. The zero-order chi connectivity index (χ0) is 21.4. The lowest BCUT2D eigenvalue weighted by Crippen LogP contribution is -2.35. The SMILES string of the molecule is CC[C@@H](C)c1ccccc1NC(=O)[C@@H](C)OC(=O)[C@@H](C)Oc1ccc(C#N)cc1. The van der Waals surface area contributed by atoms with E-state index in [1.54, 1.807) is 31.2 Å². The first-order valence-electron chi connectivity index (χ1n) is 9.62. The molecule has 1 amide bonds. The number of esters is 1. The van der Waals surface area contributed by atoms with Gasteiger partial charge >= 0.3 is 5.97 Å². The number of carbonyl (C=O) groups excluding carboxylic acids is 2. The summed E-state index contributed by atoms with van der Waals surface area (Å²) in [4.78, 5) is 24.8. The number of nitrogens with one attached hydrogen (secondary N) is 1. The Hall–Kier alpha value is -3.33. The molecule has 0 radical (unpaired) electrons. The largest absolute Gasteiger partial charge is 0.479 e. The predicted octanol–water partition coefficient (Wildman–Crippen LogP) is 4.41. The number of ether oxygens (including phenoxy) is 2. The molecular formula is C23H26N2O4. The number of anilines is 1. The Morgan fingerprint density at radius 2 is 1.69 bits per heavy atom. The molecule has 0 heterocycles. The summed E-state index contributed by atoms with van der Waals surface area (Å²) < 4.78 is 10.8. The molecule has 29 heavy (non-hydrogen) atoms. The van der Waals surface area contributed by atoms with Gasteiger partial charge < -0.3 is 14.8 Å². The Kier molecular flexibility index (Phi) is 7.79. The van der Waals surface area contributed by atoms with E-state index >= 15 is 0 Å². The van der Waals surface area contributed by atoms with Gasteiger partial charge in [-0.25, -0.2) is 4.79 Å². The molecule has 0 aliphatic rings. The van der Waals surface area contributed by atoms with E-state index in [1.807, 2.05) is 30.3 Å². The number of benzene rings is 2. The monoisotopic (exact) mass is 394 g/mol. The molecule has 6 heteroatoms. The van der Waals surface area contributed by atoms with Crippen molar-refractivity contribution >= 4 is 17.6 Å². The zero-order valence-corrected chi connectivity index (χ0v) is 17.1. The van der Waals surface area contributed by atoms with Gasteiger partial charge in [0.2, 0.25) is 0 Å². The molecule has 2 aromatic carbocycles. The van der Waals surface area contributed by atoms with Crippen LogP contribution < -0.4 is 10.1 Å². The normalized spacial score (nSPS) is 13.5. The number of hydrogen-bond donors (Lipinski definition) is 1. The molecule has 3 atom stereocenters. The van der Waals surface area contributed by atoms with Crippen molar-refractivity contribution in [3.8, 4) is 11.8 Å². The molecule has 0 saturated carbocycles. The minimum Gasteiger partial charge on any atom is -0.479 e. The first-order chi connectivity index (χ1) is 13.8. The molecule has 0 saturated heterocycles. The maximum absolute atomic E-state index is 12.5. The van der Waals surface area contributed by atoms with Crippen LogP contribution in [0.1, 0.15) is 51.2 Å². The lowest BCUT2D eigenvalue weighted by atomic mass is 9.97. The van der Waals surface area contributed by atoms with E-state index in [9.17, 15) is 9.59 Å². The molecule has 1 N–H and O–H groups in total. The van der Waals surface area contributed by atoms with E-state index in [2.05, 4.69) is 19.2 Å². The fourth-order valence-electron chi connectivity index (χ4n) is 2.68. The summed E-state index contributed by atoms with van der Waals surface area (Å²) >= 11 is 0. The fraction of sp³-hybridized carbons (Fsp3) is 0.348. The van der Waals surface area contributed by atoms with Crippen LogP contribution in [0.25, 0.3) is 0 Å². The topological polar surface area (TPSA) is 88.4 Å². The van der Waals surface area contributed by atoms with Crippen molar-refractivity contribution in [1.29, 1.82) is 5.26 Å². The quantitative estimate of drug-likeness (QED) is 0.670. The molecule has 0 spiro atoms. The van der Waals surface area contributed by atoms with Gasteiger partial charge in [-0.3, -0.25) is 4.79 Å². The highest BCUT2D eigenvalue weighted by molar-refractivity contribution is 5.96. The first kappa shape index (κ1) is 22.0. The Labute approximate surface area is 171 Å². The summed E-state index contributed by atoms with van der Waals surface area (Å²) in [6.45, 7) is 7.25. The molecule has 2 rings (SSSR count). The van der Waals surface area contributed by atoms with Gasteiger partial charge in [0.25, 0.3) is 5.91 Å². The maximum Gasteiger partial charge on any atom is 0.347 e. The minimum atomic E-state index is -0.973. The maximum atomic E-state index is 12.5. The number of carbonyl (C=O) groups is 2. The smallest absolute Gasteiger partial charge is 0.347 e. The Balaban J connectivity index is 1.94. The average molecular weight is 394 g/mol. The molecule has 0 aliphatic carbocycles. The Bertz CT molecular complexity index is 886. The predicted molar refractivity (Wildman–Crippen MR) is 111 cm³/mol. The van der Waals surface area contributed by atoms with Crippen molar-refractivity contribution in [2.24, 2.45) is 0 Å². The van der Waals surface area contributed by atoms with E-state index < -0.39 is 24.1 Å². The van der Waals surface area contributed by atoms with Crippen LogP contribution in [-0.2, 0) is 14.3 Å². The van der Waals surface area contributed by atoms with Crippen LogP contribution in [0.4, 0.5) is 5.69 Å². The van der Waals surface area contributed by atoms with Crippen LogP contribution in [0.2, 0.25) is 0 Å². The van der Waals surface area contributed by atoms with Crippen molar-refractivity contribution in [1.82, 2.24) is 0 Å². The molecule has 152 valence electrons. The van der Waals surface area contributed by atoms with Crippen LogP contribution in [-0.4, -0.2) is 24.1 Å². The number of nitriles is 1. The molecule has 2 aromatic rings. The standard InChI is InChI=1S/C23H26N2O4/c1-5-15(2)20-8-6-7-9-21(20)25-22(26)16(3)29-23(27)17(4)28-19-12-10-18(14-24)11-13-19/h6-13,15-17H,5H2,1-4H3,(H,25,26)/t15-,16-,17-/m1/s1. The van der Waals surface area contributed by atoms with Gasteiger partial charge in [0.05, 0.1) is 11.6 Å². The fourth-order valence-corrected chi connectivity index (χ4v) is 2.68. The van der Waals surface area contributed by atoms with E-state index in [4.69, 9.17) is 14.7 Å². The van der Waals surface area contributed by atoms with Crippen LogP contribution in [0.5, 0.6) is 5.75 Å². The van der Waals surface area contributed by atoms with Crippen LogP contribution in [0.3, 0.4) is 0 Å². The van der Waals surface area contributed by atoms with E-state index in [1.165, 1.54) is 6.92 Å². The van der Waals surface area contributed by atoms with Crippen LogP contribution in [0.15, 0.2) is 48.5 Å². The van der Waals surface area contributed by atoms with Crippen molar-refractivity contribution < 1.29 is 19.1 Å². The summed E-state index contributed by atoms with van der Waals surface area (Å²) in [5.41, 5.74) is 2.26. The molecular weight excluding hydrogens is 368 g/mol. The number of hydrogen-bond acceptors (Lipinski definition) is 5. The number of rotatable bonds is 8. The summed E-state index contributed by atoms with van der Waals surface area (Å²) in [6.07, 6.45) is -0.924. The number of nitrogens with zero attached hydrogens (tertiary/aromatic N) is 1. The summed E-state index contributed by atoms with van der Waals surface area (Å²) in [7, 11) is 0.